The van der Waals surface area contributed by atoms with E-state index in [1.807, 2.05) is 50.6 Å². The summed E-state index contributed by atoms with van der Waals surface area (Å²) >= 11 is 1.50. The Morgan fingerprint density at radius 1 is 1.26 bits per heavy atom. The van der Waals surface area contributed by atoms with Gasteiger partial charge < -0.3 is 9.84 Å². The molecule has 1 N–H and O–H groups in total. The van der Waals surface area contributed by atoms with E-state index in [9.17, 15) is 18.3 Å². The van der Waals surface area contributed by atoms with Crippen LogP contribution in [0.4, 0.5) is 0 Å². The third-order valence-electron chi connectivity index (χ3n) is 7.26. The van der Waals surface area contributed by atoms with E-state index < -0.39 is 21.9 Å². The number of fused-ring (bicyclic) bond motifs is 2. The van der Waals surface area contributed by atoms with Gasteiger partial charge in [-0.3, -0.25) is 4.79 Å². The molecule has 2 atom stereocenters. The second-order valence-electron chi connectivity index (χ2n) is 9.69. The average molecular weight is 570 g/mol. The summed E-state index contributed by atoms with van der Waals surface area (Å²) in [7, 11) is -3.85. The van der Waals surface area contributed by atoms with Crippen LogP contribution >= 0.6 is 11.3 Å². The minimum atomic E-state index is -3.85. The third-order valence-corrected chi connectivity index (χ3v) is 10.3. The maximum atomic E-state index is 13.6. The molecular weight excluding hydrogens is 538 g/mol. The zero-order valence-corrected chi connectivity index (χ0v) is 23.9. The summed E-state index contributed by atoms with van der Waals surface area (Å²) in [6, 6.07) is 8.96. The molecule has 5 rings (SSSR count). The van der Waals surface area contributed by atoms with Gasteiger partial charge >= 0.3 is 5.97 Å². The van der Waals surface area contributed by atoms with E-state index in [0.717, 1.165) is 37.5 Å². The molecule has 0 amide bonds. The molecular formula is C27H31N5O5S2. The van der Waals surface area contributed by atoms with E-state index >= 15 is 0 Å². The molecule has 3 aromatic heterocycles. The summed E-state index contributed by atoms with van der Waals surface area (Å²) in [6.45, 7) is 8.87. The van der Waals surface area contributed by atoms with Crippen LogP contribution in [0.25, 0.3) is 11.0 Å². The van der Waals surface area contributed by atoms with Gasteiger partial charge in [0.2, 0.25) is 15.9 Å². The zero-order valence-electron chi connectivity index (χ0n) is 22.3. The fourth-order valence-corrected chi connectivity index (χ4v) is 7.76. The number of hydrogen-bond acceptors (Lipinski definition) is 8. The number of carbonyl (C=O) groups is 1. The van der Waals surface area contributed by atoms with Gasteiger partial charge in [0.05, 0.1) is 18.5 Å². The van der Waals surface area contributed by atoms with Crippen molar-refractivity contribution in [2.24, 2.45) is 0 Å². The Morgan fingerprint density at radius 3 is 2.77 bits per heavy atom. The molecule has 0 bridgehead atoms. The van der Waals surface area contributed by atoms with E-state index in [1.165, 1.54) is 27.9 Å². The first-order valence-electron chi connectivity index (χ1n) is 12.9. The Hall–Kier alpha value is -3.35. The van der Waals surface area contributed by atoms with Crippen molar-refractivity contribution in [3.05, 3.63) is 63.0 Å². The van der Waals surface area contributed by atoms with Crippen LogP contribution in [-0.4, -0.2) is 56.4 Å². The largest absolute Gasteiger partial charge is 0.481 e. The smallest absolute Gasteiger partial charge is 0.304 e. The Kier molecular flexibility index (Phi) is 7.45. The van der Waals surface area contributed by atoms with Crippen molar-refractivity contribution in [1.29, 1.82) is 0 Å². The highest BCUT2D eigenvalue weighted by molar-refractivity contribution is 7.89. The molecule has 1 aliphatic rings. The standard InChI is InChI=1S/C27H31N5O5S2/c1-5-19-15-31(39(35,36)24-8-7-11-28-27(24)37-19)14-18-12-23(38-17(18)4)21(13-25(33)34)20-9-10-22-26(16(20)3)29-30-32(22)6-2/h7-12,19,21H,5-6,13-15H2,1-4H3,(H,33,34)/t19-,21-/m1/s1. The minimum absolute atomic E-state index is 0.0573. The van der Waals surface area contributed by atoms with Gasteiger partial charge in [-0.2, -0.15) is 4.31 Å². The fraction of sp³-hybridized carbons (Fsp3) is 0.407. The van der Waals surface area contributed by atoms with E-state index in [2.05, 4.69) is 15.3 Å². The maximum Gasteiger partial charge on any atom is 0.304 e. The molecule has 0 aliphatic carbocycles. The topological polar surface area (TPSA) is 128 Å². The number of carboxylic acid groups (broad SMARTS) is 1. The number of rotatable bonds is 8. The van der Waals surface area contributed by atoms with Gasteiger partial charge in [0.15, 0.2) is 0 Å². The number of nitrogens with zero attached hydrogens (tertiary/aromatic N) is 5. The molecule has 1 aliphatic heterocycles. The lowest BCUT2D eigenvalue weighted by Gasteiger charge is -2.22. The number of aromatic nitrogens is 4. The van der Waals surface area contributed by atoms with E-state index in [1.54, 1.807) is 6.07 Å². The second-order valence-corrected chi connectivity index (χ2v) is 12.9. The fourth-order valence-electron chi connectivity index (χ4n) is 5.08. The first-order valence-corrected chi connectivity index (χ1v) is 15.1. The molecule has 0 saturated heterocycles. The number of thiophene rings is 1. The number of pyridine rings is 1. The van der Waals surface area contributed by atoms with Crippen molar-refractivity contribution in [3.63, 3.8) is 0 Å². The van der Waals surface area contributed by atoms with Gasteiger partial charge in [-0.05, 0) is 68.1 Å². The monoisotopic (exact) mass is 569 g/mol. The Balaban J connectivity index is 1.53. The lowest BCUT2D eigenvalue weighted by atomic mass is 9.89. The first-order chi connectivity index (χ1) is 18.6. The van der Waals surface area contributed by atoms with Crippen molar-refractivity contribution in [3.8, 4) is 5.88 Å². The molecule has 0 fully saturated rings. The molecule has 206 valence electrons. The highest BCUT2D eigenvalue weighted by Crippen LogP contribution is 2.39. The molecule has 0 unspecified atom stereocenters. The van der Waals surface area contributed by atoms with Crippen LogP contribution in [0.1, 0.15) is 59.1 Å². The lowest BCUT2D eigenvalue weighted by molar-refractivity contribution is -0.137. The van der Waals surface area contributed by atoms with Crippen LogP contribution in [0.2, 0.25) is 0 Å². The number of aryl methyl sites for hydroxylation is 3. The quantitative estimate of drug-likeness (QED) is 0.329. The molecule has 10 nitrogen and oxygen atoms in total. The van der Waals surface area contributed by atoms with Crippen LogP contribution in [-0.2, 0) is 27.9 Å². The highest BCUT2D eigenvalue weighted by atomic mass is 32.2. The molecule has 0 saturated carbocycles. The van der Waals surface area contributed by atoms with Gasteiger partial charge in [0.1, 0.15) is 16.5 Å². The Labute approximate surface area is 231 Å². The molecule has 0 spiro atoms. The number of benzene rings is 1. The van der Waals surface area contributed by atoms with E-state index in [-0.39, 0.29) is 36.4 Å². The second kappa shape index (κ2) is 10.7. The Bertz CT molecular complexity index is 1650. The number of carboxylic acids is 1. The molecule has 4 heterocycles. The SMILES string of the molecule is CC[C@@H]1CN(Cc2cc([C@H](CC(=O)O)c3ccc4c(nnn4CC)c3C)sc2C)S(=O)(=O)c2cccnc2O1. The summed E-state index contributed by atoms with van der Waals surface area (Å²) in [5.41, 5.74) is 4.28. The van der Waals surface area contributed by atoms with Gasteiger partial charge in [-0.1, -0.05) is 18.2 Å². The van der Waals surface area contributed by atoms with Gasteiger partial charge in [-0.25, -0.2) is 18.1 Å². The number of sulfonamides is 1. The van der Waals surface area contributed by atoms with Crippen molar-refractivity contribution in [2.45, 2.75) is 70.5 Å². The predicted octanol–water partition coefficient (Wildman–Crippen LogP) is 4.49. The summed E-state index contributed by atoms with van der Waals surface area (Å²) in [6.07, 6.45) is 1.72. The van der Waals surface area contributed by atoms with E-state index in [0.29, 0.717) is 13.0 Å². The third kappa shape index (κ3) is 5.04. The summed E-state index contributed by atoms with van der Waals surface area (Å²) in [5.74, 6) is -1.19. The zero-order chi connectivity index (χ0) is 27.9. The first kappa shape index (κ1) is 27.2. The van der Waals surface area contributed by atoms with Crippen molar-refractivity contribution >= 4 is 38.4 Å². The molecule has 1 aromatic carbocycles. The summed E-state index contributed by atoms with van der Waals surface area (Å²) < 4.78 is 36.4. The van der Waals surface area contributed by atoms with Gasteiger partial charge in [0.25, 0.3) is 0 Å². The number of aliphatic carboxylic acids is 1. The van der Waals surface area contributed by atoms with Crippen LogP contribution in [0.3, 0.4) is 0 Å². The molecule has 0 radical (unpaired) electrons. The van der Waals surface area contributed by atoms with Crippen LogP contribution < -0.4 is 4.74 Å². The highest BCUT2D eigenvalue weighted by Gasteiger charge is 2.35. The summed E-state index contributed by atoms with van der Waals surface area (Å²) in [5, 5.41) is 18.4. The van der Waals surface area contributed by atoms with Crippen molar-refractivity contribution in [2.75, 3.05) is 6.54 Å². The molecule has 39 heavy (non-hydrogen) atoms. The van der Waals surface area contributed by atoms with Gasteiger partial charge in [0, 0.05) is 35.0 Å². The van der Waals surface area contributed by atoms with Crippen LogP contribution in [0.5, 0.6) is 5.88 Å². The summed E-state index contributed by atoms with van der Waals surface area (Å²) in [4.78, 5) is 18.0. The number of hydrogen-bond donors (Lipinski definition) is 1. The lowest BCUT2D eigenvalue weighted by Crippen LogP contribution is -2.36. The van der Waals surface area contributed by atoms with E-state index in [4.69, 9.17) is 4.74 Å². The normalized spacial score (nSPS) is 17.9. The maximum absolute atomic E-state index is 13.6. The Morgan fingerprint density at radius 2 is 2.05 bits per heavy atom. The van der Waals surface area contributed by atoms with Crippen molar-refractivity contribution < 1.29 is 23.1 Å². The molecule has 12 heteroatoms. The predicted molar refractivity (Wildman–Crippen MR) is 148 cm³/mol. The van der Waals surface area contributed by atoms with Crippen LogP contribution in [0.15, 0.2) is 41.4 Å². The van der Waals surface area contributed by atoms with Crippen molar-refractivity contribution in [1.82, 2.24) is 24.3 Å². The number of ether oxygens (including phenoxy) is 1. The minimum Gasteiger partial charge on any atom is -0.481 e. The van der Waals surface area contributed by atoms with Gasteiger partial charge in [-0.15, -0.1) is 16.4 Å². The molecule has 4 aromatic rings. The average Bonchev–Trinajstić information content (AvgIpc) is 3.47. The van der Waals surface area contributed by atoms with Crippen LogP contribution in [0, 0.1) is 13.8 Å².